The summed E-state index contributed by atoms with van der Waals surface area (Å²) in [5, 5.41) is 19.6. The first-order valence-corrected chi connectivity index (χ1v) is 9.62. The average Bonchev–Trinajstić information content (AvgIpc) is 2.72. The maximum Gasteiger partial charge on any atom is 0.204 e. The van der Waals surface area contributed by atoms with Crippen LogP contribution in [0, 0.1) is 0 Å². The first kappa shape index (κ1) is 19.3. The Hall–Kier alpha value is -3.03. The van der Waals surface area contributed by atoms with Crippen LogP contribution in [0.2, 0.25) is 0 Å². The summed E-state index contributed by atoms with van der Waals surface area (Å²) >= 11 is 0. The van der Waals surface area contributed by atoms with Crippen LogP contribution in [0.3, 0.4) is 0 Å². The molecule has 4 rings (SSSR count). The van der Waals surface area contributed by atoms with E-state index in [0.717, 1.165) is 51.1 Å². The highest BCUT2D eigenvalue weighted by atomic mass is 16.5. The van der Waals surface area contributed by atoms with Crippen LogP contribution in [0.1, 0.15) is 6.42 Å². The second-order valence-corrected chi connectivity index (χ2v) is 7.00. The van der Waals surface area contributed by atoms with Crippen molar-refractivity contribution in [3.8, 4) is 28.4 Å². The Morgan fingerprint density at radius 1 is 1.07 bits per heavy atom. The number of rotatable bonds is 6. The molecule has 7 heteroatoms. The third-order valence-corrected chi connectivity index (χ3v) is 5.00. The van der Waals surface area contributed by atoms with Crippen molar-refractivity contribution in [1.29, 1.82) is 0 Å². The molecule has 0 aliphatic carbocycles. The molecule has 152 valence electrons. The zero-order chi connectivity index (χ0) is 20.2. The van der Waals surface area contributed by atoms with E-state index >= 15 is 0 Å². The number of hydrogen-bond donors (Lipinski definition) is 2. The lowest BCUT2D eigenvalue weighted by atomic mass is 10.0. The molecule has 2 aromatic carbocycles. The monoisotopic (exact) mass is 397 g/mol. The molecule has 0 saturated carbocycles. The molecule has 1 saturated heterocycles. The van der Waals surface area contributed by atoms with Gasteiger partial charge in [0.05, 0.1) is 25.4 Å². The maximum atomic E-state index is 12.8. The van der Waals surface area contributed by atoms with E-state index in [1.807, 2.05) is 12.1 Å². The predicted molar refractivity (Wildman–Crippen MR) is 109 cm³/mol. The van der Waals surface area contributed by atoms with E-state index in [2.05, 4.69) is 4.90 Å². The largest absolute Gasteiger partial charge is 0.508 e. The van der Waals surface area contributed by atoms with Gasteiger partial charge >= 0.3 is 0 Å². The van der Waals surface area contributed by atoms with Gasteiger partial charge in [-0.1, -0.05) is 12.1 Å². The number of benzene rings is 2. The molecule has 0 amide bonds. The van der Waals surface area contributed by atoms with E-state index in [1.165, 1.54) is 12.3 Å². The van der Waals surface area contributed by atoms with E-state index in [1.54, 1.807) is 12.1 Å². The lowest BCUT2D eigenvalue weighted by Crippen LogP contribution is -2.37. The second-order valence-electron chi connectivity index (χ2n) is 7.00. The van der Waals surface area contributed by atoms with Crippen molar-refractivity contribution < 1.29 is 24.1 Å². The summed E-state index contributed by atoms with van der Waals surface area (Å²) in [7, 11) is 0. The Morgan fingerprint density at radius 2 is 1.83 bits per heavy atom. The van der Waals surface area contributed by atoms with E-state index in [0.29, 0.717) is 17.7 Å². The molecule has 7 nitrogen and oxygen atoms in total. The first-order chi connectivity index (χ1) is 14.1. The quantitative estimate of drug-likeness (QED) is 0.618. The van der Waals surface area contributed by atoms with Crippen LogP contribution in [0.4, 0.5) is 0 Å². The standard InChI is InChI=1S/C22H23NO6/c24-16-12-19(25)21-20(13-16)29-14-18(22(21)26)15-2-4-17(5-3-15)28-9-1-6-23-7-10-27-11-8-23/h2-5,12-14,24-25H,1,6-11H2. The number of hydrogen-bond acceptors (Lipinski definition) is 7. The molecule has 2 N–H and O–H groups in total. The number of ether oxygens (including phenoxy) is 2. The van der Waals surface area contributed by atoms with Gasteiger partial charge in [0.25, 0.3) is 0 Å². The average molecular weight is 397 g/mol. The van der Waals surface area contributed by atoms with Crippen LogP contribution >= 0.6 is 0 Å². The predicted octanol–water partition coefficient (Wildman–Crippen LogP) is 2.97. The smallest absolute Gasteiger partial charge is 0.204 e. The van der Waals surface area contributed by atoms with Gasteiger partial charge in [-0.3, -0.25) is 9.69 Å². The van der Waals surface area contributed by atoms with E-state index in [-0.39, 0.29) is 27.9 Å². The molecule has 1 fully saturated rings. The Balaban J connectivity index is 1.42. The van der Waals surface area contributed by atoms with Crippen LogP contribution in [-0.4, -0.2) is 54.6 Å². The van der Waals surface area contributed by atoms with Crippen molar-refractivity contribution in [2.24, 2.45) is 0 Å². The molecule has 3 aromatic rings. The zero-order valence-electron chi connectivity index (χ0n) is 16.0. The Kier molecular flexibility index (Phi) is 5.69. The van der Waals surface area contributed by atoms with E-state index < -0.39 is 0 Å². The van der Waals surface area contributed by atoms with Gasteiger partial charge in [0.2, 0.25) is 5.43 Å². The van der Waals surface area contributed by atoms with Crippen molar-refractivity contribution >= 4 is 11.0 Å². The molecule has 0 spiro atoms. The molecule has 0 radical (unpaired) electrons. The minimum absolute atomic E-state index is 0.0451. The van der Waals surface area contributed by atoms with Gasteiger partial charge < -0.3 is 24.1 Å². The molecule has 1 aliphatic rings. The number of fused-ring (bicyclic) bond motifs is 1. The summed E-state index contributed by atoms with van der Waals surface area (Å²) < 4.78 is 16.6. The molecule has 2 heterocycles. The van der Waals surface area contributed by atoms with Crippen LogP contribution in [-0.2, 0) is 4.74 Å². The van der Waals surface area contributed by atoms with E-state index in [4.69, 9.17) is 13.9 Å². The van der Waals surface area contributed by atoms with Crippen molar-refractivity contribution in [3.05, 3.63) is 52.9 Å². The topological polar surface area (TPSA) is 92.4 Å². The summed E-state index contributed by atoms with van der Waals surface area (Å²) in [5.74, 6) is 0.255. The minimum Gasteiger partial charge on any atom is -0.508 e. The molecule has 29 heavy (non-hydrogen) atoms. The van der Waals surface area contributed by atoms with Gasteiger partial charge in [-0.2, -0.15) is 0 Å². The normalized spacial score (nSPS) is 14.9. The van der Waals surface area contributed by atoms with Gasteiger partial charge in [0, 0.05) is 31.8 Å². The fourth-order valence-corrected chi connectivity index (χ4v) is 3.45. The summed E-state index contributed by atoms with van der Waals surface area (Å²) in [6.45, 7) is 5.13. The van der Waals surface area contributed by atoms with Crippen LogP contribution < -0.4 is 10.2 Å². The highest BCUT2D eigenvalue weighted by Gasteiger charge is 2.14. The van der Waals surface area contributed by atoms with Crippen molar-refractivity contribution in [2.75, 3.05) is 39.5 Å². The Bertz CT molecular complexity index is 1040. The SMILES string of the molecule is O=c1c(-c2ccc(OCCCN3CCOCC3)cc2)coc2cc(O)cc(O)c12. The van der Waals surface area contributed by atoms with E-state index in [9.17, 15) is 15.0 Å². The lowest BCUT2D eigenvalue weighted by Gasteiger charge is -2.26. The minimum atomic E-state index is -0.358. The number of nitrogens with zero attached hydrogens (tertiary/aromatic N) is 1. The summed E-state index contributed by atoms with van der Waals surface area (Å²) in [6.07, 6.45) is 2.27. The van der Waals surface area contributed by atoms with Gasteiger partial charge in [-0.05, 0) is 24.1 Å². The third-order valence-electron chi connectivity index (χ3n) is 5.00. The molecular weight excluding hydrogens is 374 g/mol. The molecule has 0 bridgehead atoms. The van der Waals surface area contributed by atoms with Gasteiger partial charge in [-0.15, -0.1) is 0 Å². The highest BCUT2D eigenvalue weighted by Crippen LogP contribution is 2.30. The Labute approximate surface area is 167 Å². The maximum absolute atomic E-state index is 12.8. The Morgan fingerprint density at radius 3 is 2.59 bits per heavy atom. The molecule has 0 unspecified atom stereocenters. The molecule has 1 aliphatic heterocycles. The first-order valence-electron chi connectivity index (χ1n) is 9.62. The highest BCUT2D eigenvalue weighted by molar-refractivity contribution is 5.87. The zero-order valence-corrected chi connectivity index (χ0v) is 16.0. The number of morpholine rings is 1. The molecule has 0 atom stereocenters. The summed E-state index contributed by atoms with van der Waals surface area (Å²) in [4.78, 5) is 15.1. The van der Waals surface area contributed by atoms with Crippen molar-refractivity contribution in [2.45, 2.75) is 6.42 Å². The molecular formula is C22H23NO6. The summed E-state index contributed by atoms with van der Waals surface area (Å²) in [6, 6.07) is 9.61. The van der Waals surface area contributed by atoms with Crippen molar-refractivity contribution in [3.63, 3.8) is 0 Å². The van der Waals surface area contributed by atoms with Gasteiger partial charge in [0.15, 0.2) is 0 Å². The second kappa shape index (κ2) is 8.55. The fraction of sp³-hybridized carbons (Fsp3) is 0.318. The number of aromatic hydroxyl groups is 2. The third kappa shape index (κ3) is 4.36. The van der Waals surface area contributed by atoms with Crippen LogP contribution in [0.25, 0.3) is 22.1 Å². The van der Waals surface area contributed by atoms with Crippen LogP contribution in [0.5, 0.6) is 17.2 Å². The van der Waals surface area contributed by atoms with Crippen molar-refractivity contribution in [1.82, 2.24) is 4.90 Å². The summed E-state index contributed by atoms with van der Waals surface area (Å²) in [5.41, 5.74) is 0.769. The number of phenolic OH excluding ortho intramolecular Hbond substituents is 2. The lowest BCUT2D eigenvalue weighted by molar-refractivity contribution is 0.0358. The fourth-order valence-electron chi connectivity index (χ4n) is 3.45. The van der Waals surface area contributed by atoms with Crippen LogP contribution in [0.15, 0.2) is 51.9 Å². The molecule has 1 aromatic heterocycles. The van der Waals surface area contributed by atoms with Gasteiger partial charge in [-0.25, -0.2) is 0 Å². The number of phenols is 2. The van der Waals surface area contributed by atoms with Gasteiger partial charge in [0.1, 0.15) is 34.5 Å².